The zero-order valence-corrected chi connectivity index (χ0v) is 20.3. The fraction of sp³-hybridized carbons (Fsp3) is 0.200. The molecule has 1 aromatic carbocycles. The monoisotopic (exact) mass is 507 g/mol. The molecule has 0 bridgehead atoms. The molecule has 0 atom stereocenters. The zero-order chi connectivity index (χ0) is 24.2. The summed E-state index contributed by atoms with van der Waals surface area (Å²) in [5, 5.41) is 7.97. The fourth-order valence-electron chi connectivity index (χ4n) is 3.94. The Hall–Kier alpha value is -3.69. The van der Waals surface area contributed by atoms with Gasteiger partial charge in [-0.15, -0.1) is 0 Å². The van der Waals surface area contributed by atoms with Crippen LogP contribution in [0.5, 0.6) is 5.06 Å². The SMILES string of the molecule is O=C(NCc1cn(-c2ccc(N3CCCCC3=O)cc2)nc1-c1ccncc1)Oc1ccc(Cl)s1. The lowest BCUT2D eigenvalue weighted by molar-refractivity contribution is -0.119. The normalized spacial score (nSPS) is 13.6. The highest BCUT2D eigenvalue weighted by molar-refractivity contribution is 7.17. The van der Waals surface area contributed by atoms with Crippen LogP contribution in [0, 0.1) is 0 Å². The van der Waals surface area contributed by atoms with Crippen molar-refractivity contribution in [1.29, 1.82) is 0 Å². The van der Waals surface area contributed by atoms with Gasteiger partial charge in [0.25, 0.3) is 0 Å². The highest BCUT2D eigenvalue weighted by atomic mass is 35.5. The molecule has 8 nitrogen and oxygen atoms in total. The van der Waals surface area contributed by atoms with Crippen molar-refractivity contribution in [2.45, 2.75) is 25.8 Å². The number of amides is 2. The standard InChI is InChI=1S/C25H22ClN5O3S/c26-21-8-9-23(35-21)34-25(33)28-15-18-16-31(29-24(18)17-10-12-27-13-11-17)20-6-4-19(5-7-20)30-14-2-1-3-22(30)32/h4-13,16H,1-3,14-15H2,(H,28,33). The van der Waals surface area contributed by atoms with Crippen LogP contribution in [-0.2, 0) is 11.3 Å². The molecule has 5 rings (SSSR count). The van der Waals surface area contributed by atoms with E-state index in [1.54, 1.807) is 29.2 Å². The van der Waals surface area contributed by atoms with Gasteiger partial charge < -0.3 is 15.0 Å². The summed E-state index contributed by atoms with van der Waals surface area (Å²) in [4.78, 5) is 30.5. The van der Waals surface area contributed by atoms with Gasteiger partial charge in [-0.3, -0.25) is 9.78 Å². The quantitative estimate of drug-likeness (QED) is 0.374. The Balaban J connectivity index is 1.36. The Bertz CT molecular complexity index is 1340. The topological polar surface area (TPSA) is 89.4 Å². The van der Waals surface area contributed by atoms with Crippen molar-refractivity contribution >= 4 is 40.6 Å². The lowest BCUT2D eigenvalue weighted by Gasteiger charge is -2.26. The number of rotatable bonds is 6. The van der Waals surface area contributed by atoms with Crippen LogP contribution in [-0.4, -0.2) is 33.3 Å². The number of benzene rings is 1. The number of thiophene rings is 1. The molecule has 1 fully saturated rings. The van der Waals surface area contributed by atoms with E-state index in [0.29, 0.717) is 15.8 Å². The molecule has 3 aromatic heterocycles. The second-order valence-electron chi connectivity index (χ2n) is 8.00. The van der Waals surface area contributed by atoms with Gasteiger partial charge >= 0.3 is 6.09 Å². The van der Waals surface area contributed by atoms with Crippen LogP contribution in [0.4, 0.5) is 10.5 Å². The minimum Gasteiger partial charge on any atom is -0.399 e. The van der Waals surface area contributed by atoms with Crippen LogP contribution in [0.3, 0.4) is 0 Å². The molecule has 4 aromatic rings. The maximum Gasteiger partial charge on any atom is 0.413 e. The average molecular weight is 508 g/mol. The summed E-state index contributed by atoms with van der Waals surface area (Å²) in [5.41, 5.74) is 4.15. The molecule has 0 spiro atoms. The van der Waals surface area contributed by atoms with Crippen LogP contribution >= 0.6 is 22.9 Å². The number of carbonyl (C=O) groups excluding carboxylic acids is 2. The number of hydrogen-bond acceptors (Lipinski definition) is 6. The van der Waals surface area contributed by atoms with E-state index in [4.69, 9.17) is 21.4 Å². The molecule has 0 unspecified atom stereocenters. The minimum atomic E-state index is -0.576. The Morgan fingerprint density at radius 2 is 1.83 bits per heavy atom. The first-order chi connectivity index (χ1) is 17.1. The Labute approximate surface area is 211 Å². The highest BCUT2D eigenvalue weighted by Crippen LogP contribution is 2.29. The van der Waals surface area contributed by atoms with E-state index in [1.165, 1.54) is 11.3 Å². The third-order valence-electron chi connectivity index (χ3n) is 5.66. The second-order valence-corrected chi connectivity index (χ2v) is 9.68. The molecule has 1 N–H and O–H groups in total. The first-order valence-electron chi connectivity index (χ1n) is 11.2. The van der Waals surface area contributed by atoms with E-state index < -0.39 is 6.09 Å². The van der Waals surface area contributed by atoms with Gasteiger partial charge in [0.05, 0.1) is 15.7 Å². The average Bonchev–Trinajstić information content (AvgIpc) is 3.50. The first kappa shape index (κ1) is 23.1. The molecule has 1 aliphatic heterocycles. The van der Waals surface area contributed by atoms with Crippen LogP contribution in [0.15, 0.2) is 67.1 Å². The molecule has 4 heterocycles. The lowest BCUT2D eigenvalue weighted by Crippen LogP contribution is -2.35. The highest BCUT2D eigenvalue weighted by Gasteiger charge is 2.20. The lowest BCUT2D eigenvalue weighted by atomic mass is 10.1. The number of pyridine rings is 1. The van der Waals surface area contributed by atoms with Gasteiger partial charge in [-0.2, -0.15) is 5.10 Å². The summed E-state index contributed by atoms with van der Waals surface area (Å²) < 4.78 is 7.60. The molecule has 10 heteroatoms. The number of anilines is 1. The van der Waals surface area contributed by atoms with Gasteiger partial charge in [0.2, 0.25) is 5.91 Å². The maximum absolute atomic E-state index is 12.3. The zero-order valence-electron chi connectivity index (χ0n) is 18.7. The Kier molecular flexibility index (Phi) is 6.78. The number of nitrogens with one attached hydrogen (secondary N) is 1. The number of hydrogen-bond donors (Lipinski definition) is 1. The fourth-order valence-corrected chi connectivity index (χ4v) is 4.81. The summed E-state index contributed by atoms with van der Waals surface area (Å²) in [6.07, 6.45) is 7.25. The van der Waals surface area contributed by atoms with Crippen LogP contribution in [0.2, 0.25) is 4.34 Å². The molecule has 2 amide bonds. The summed E-state index contributed by atoms with van der Waals surface area (Å²) in [7, 11) is 0. The molecule has 178 valence electrons. The van der Waals surface area contributed by atoms with Gasteiger partial charge in [0.1, 0.15) is 0 Å². The molecule has 0 radical (unpaired) electrons. The maximum atomic E-state index is 12.3. The van der Waals surface area contributed by atoms with E-state index in [9.17, 15) is 9.59 Å². The second kappa shape index (κ2) is 10.3. The Morgan fingerprint density at radius 3 is 2.54 bits per heavy atom. The predicted molar refractivity (Wildman–Crippen MR) is 135 cm³/mol. The first-order valence-corrected chi connectivity index (χ1v) is 12.4. The molecular weight excluding hydrogens is 486 g/mol. The summed E-state index contributed by atoms with van der Waals surface area (Å²) in [5.74, 6) is 0.160. The van der Waals surface area contributed by atoms with Gasteiger partial charge in [-0.05, 0) is 61.4 Å². The molecule has 1 aliphatic rings. The molecular formula is C25H22ClN5O3S. The summed E-state index contributed by atoms with van der Waals surface area (Å²) in [6, 6.07) is 14.8. The van der Waals surface area contributed by atoms with Crippen molar-refractivity contribution < 1.29 is 14.3 Å². The largest absolute Gasteiger partial charge is 0.413 e. The van der Waals surface area contributed by atoms with Crippen molar-refractivity contribution in [2.75, 3.05) is 11.4 Å². The van der Waals surface area contributed by atoms with Crippen molar-refractivity contribution in [2.24, 2.45) is 0 Å². The van der Waals surface area contributed by atoms with Crippen molar-refractivity contribution in [3.8, 4) is 22.0 Å². The van der Waals surface area contributed by atoms with Crippen molar-refractivity contribution in [1.82, 2.24) is 20.1 Å². The number of nitrogens with zero attached hydrogens (tertiary/aromatic N) is 4. The van der Waals surface area contributed by atoms with E-state index in [1.807, 2.05) is 47.5 Å². The molecule has 1 saturated heterocycles. The Morgan fingerprint density at radius 1 is 1.06 bits per heavy atom. The number of carbonyl (C=O) groups is 2. The van der Waals surface area contributed by atoms with Crippen LogP contribution in [0.25, 0.3) is 16.9 Å². The minimum absolute atomic E-state index is 0.160. The van der Waals surface area contributed by atoms with Gasteiger partial charge in [-0.25, -0.2) is 9.48 Å². The van der Waals surface area contributed by atoms with Crippen molar-refractivity contribution in [3.63, 3.8) is 0 Å². The predicted octanol–water partition coefficient (Wildman–Crippen LogP) is 5.45. The van der Waals surface area contributed by atoms with Crippen LogP contribution < -0.4 is 15.0 Å². The van der Waals surface area contributed by atoms with Crippen LogP contribution in [0.1, 0.15) is 24.8 Å². The van der Waals surface area contributed by atoms with Gasteiger partial charge in [-0.1, -0.05) is 22.9 Å². The smallest absolute Gasteiger partial charge is 0.399 e. The van der Waals surface area contributed by atoms with E-state index in [-0.39, 0.29) is 12.5 Å². The van der Waals surface area contributed by atoms with E-state index in [0.717, 1.165) is 47.6 Å². The number of halogens is 1. The number of aromatic nitrogens is 3. The van der Waals surface area contributed by atoms with Gasteiger partial charge in [0.15, 0.2) is 5.06 Å². The number of ether oxygens (including phenoxy) is 1. The van der Waals surface area contributed by atoms with Crippen molar-refractivity contribution in [3.05, 3.63) is 77.0 Å². The molecule has 35 heavy (non-hydrogen) atoms. The third-order valence-corrected chi connectivity index (χ3v) is 6.77. The summed E-state index contributed by atoms with van der Waals surface area (Å²) >= 11 is 7.08. The molecule has 0 saturated carbocycles. The van der Waals surface area contributed by atoms with E-state index >= 15 is 0 Å². The number of piperidine rings is 1. The molecule has 0 aliphatic carbocycles. The van der Waals surface area contributed by atoms with Gasteiger partial charge in [0, 0.05) is 54.9 Å². The summed E-state index contributed by atoms with van der Waals surface area (Å²) in [6.45, 7) is 0.964. The third kappa shape index (κ3) is 5.36. The van der Waals surface area contributed by atoms with E-state index in [2.05, 4.69) is 10.3 Å².